The van der Waals surface area contributed by atoms with Crippen LogP contribution in [0.4, 0.5) is 11.4 Å². The van der Waals surface area contributed by atoms with E-state index in [2.05, 4.69) is 9.88 Å². The molecule has 220 valence electrons. The number of methoxy groups -OCH3 is 1. The van der Waals surface area contributed by atoms with Crippen LogP contribution in [0.3, 0.4) is 0 Å². The summed E-state index contributed by atoms with van der Waals surface area (Å²) in [7, 11) is 3.35. The lowest BCUT2D eigenvalue weighted by atomic mass is 9.90. The Morgan fingerprint density at radius 2 is 1.81 bits per heavy atom. The molecule has 1 aliphatic heterocycles. The van der Waals surface area contributed by atoms with Gasteiger partial charge in [0.1, 0.15) is 22.5 Å². The second-order valence-electron chi connectivity index (χ2n) is 11.2. The Balaban J connectivity index is 1.47. The van der Waals surface area contributed by atoms with Crippen molar-refractivity contribution in [1.82, 2.24) is 14.5 Å². The Labute approximate surface area is 245 Å². The molecule has 10 nitrogen and oxygen atoms in total. The standard InChI is InChI=1S/C32H37N5O5/c1-7-37-25-9-8-22(17-26(25)34(5)30(39)32(3,4)31(37)40)19-35(20-23-18-33-12-10-27(23)41-6)14-15-36-13-11-28-24(29(36)38)16-21(2)42-28/h8-13,16-18H,7,14-15,19-20H2,1-6H3. The molecule has 10 heteroatoms. The van der Waals surface area contributed by atoms with E-state index in [4.69, 9.17) is 9.15 Å². The summed E-state index contributed by atoms with van der Waals surface area (Å²) in [6, 6.07) is 11.3. The number of nitrogens with zero attached hydrogens (tertiary/aromatic N) is 5. The number of amides is 2. The topological polar surface area (TPSA) is 101 Å². The molecule has 0 atom stereocenters. The quantitative estimate of drug-likeness (QED) is 0.275. The number of pyridine rings is 2. The molecule has 0 saturated carbocycles. The van der Waals surface area contributed by atoms with E-state index in [-0.39, 0.29) is 17.4 Å². The van der Waals surface area contributed by atoms with Gasteiger partial charge in [0.2, 0.25) is 11.8 Å². The molecule has 3 aromatic heterocycles. The Morgan fingerprint density at radius 3 is 2.55 bits per heavy atom. The summed E-state index contributed by atoms with van der Waals surface area (Å²) in [4.78, 5) is 49.6. The Bertz CT molecular complexity index is 1710. The molecule has 1 aromatic carbocycles. The minimum atomic E-state index is -1.17. The first kappa shape index (κ1) is 29.1. The number of anilines is 2. The Hall–Kier alpha value is -4.44. The van der Waals surface area contributed by atoms with Gasteiger partial charge < -0.3 is 23.5 Å². The number of aryl methyl sites for hydroxylation is 1. The number of furan rings is 1. The third kappa shape index (κ3) is 5.30. The molecule has 4 aromatic rings. The molecule has 0 aliphatic carbocycles. The van der Waals surface area contributed by atoms with E-state index in [1.807, 2.05) is 44.2 Å². The predicted molar refractivity (Wildman–Crippen MR) is 162 cm³/mol. The summed E-state index contributed by atoms with van der Waals surface area (Å²) in [6.07, 6.45) is 5.24. The van der Waals surface area contributed by atoms with Crippen LogP contribution in [0.15, 0.2) is 64.2 Å². The zero-order valence-corrected chi connectivity index (χ0v) is 25.0. The monoisotopic (exact) mass is 571 g/mol. The minimum absolute atomic E-state index is 0.0969. The number of carbonyl (C=O) groups excluding carboxylic acids is 2. The first-order valence-electron chi connectivity index (χ1n) is 14.1. The van der Waals surface area contributed by atoms with Gasteiger partial charge in [-0.25, -0.2) is 0 Å². The molecular weight excluding hydrogens is 534 g/mol. The number of fused-ring (bicyclic) bond motifs is 2. The summed E-state index contributed by atoms with van der Waals surface area (Å²) in [5.41, 5.74) is 2.59. The largest absolute Gasteiger partial charge is 0.496 e. The molecule has 0 radical (unpaired) electrons. The fraction of sp³-hybridized carbons (Fsp3) is 0.375. The number of carbonyl (C=O) groups is 2. The molecule has 1 aliphatic rings. The van der Waals surface area contributed by atoms with Gasteiger partial charge >= 0.3 is 0 Å². The van der Waals surface area contributed by atoms with Crippen LogP contribution < -0.4 is 20.1 Å². The first-order valence-corrected chi connectivity index (χ1v) is 14.1. The van der Waals surface area contributed by atoms with Crippen molar-refractivity contribution < 1.29 is 18.7 Å². The van der Waals surface area contributed by atoms with E-state index in [9.17, 15) is 14.4 Å². The van der Waals surface area contributed by atoms with Gasteiger partial charge in [0.05, 0.1) is 23.9 Å². The molecule has 0 unspecified atom stereocenters. The van der Waals surface area contributed by atoms with Gasteiger partial charge in [-0.3, -0.25) is 24.3 Å². The van der Waals surface area contributed by atoms with Gasteiger partial charge in [0.25, 0.3) is 5.56 Å². The molecule has 2 amide bonds. The van der Waals surface area contributed by atoms with Crippen LogP contribution in [0.1, 0.15) is 37.7 Å². The lowest BCUT2D eigenvalue weighted by Crippen LogP contribution is -2.47. The Morgan fingerprint density at radius 1 is 1.02 bits per heavy atom. The molecular formula is C32H37N5O5. The SMILES string of the molecule is CCN1C(=O)C(C)(C)C(=O)N(C)c2cc(CN(CCn3ccc4oc(C)cc4c3=O)Cc3cnccc3OC)ccc21. The van der Waals surface area contributed by atoms with Crippen molar-refractivity contribution >= 4 is 34.2 Å². The first-order chi connectivity index (χ1) is 20.0. The third-order valence-electron chi connectivity index (χ3n) is 7.94. The van der Waals surface area contributed by atoms with Crippen LogP contribution in [-0.4, -0.2) is 53.5 Å². The van der Waals surface area contributed by atoms with E-state index in [1.165, 1.54) is 0 Å². The van der Waals surface area contributed by atoms with Crippen molar-refractivity contribution in [3.8, 4) is 5.75 Å². The number of aromatic nitrogens is 2. The average Bonchev–Trinajstić information content (AvgIpc) is 3.36. The highest BCUT2D eigenvalue weighted by Gasteiger charge is 2.45. The lowest BCUT2D eigenvalue weighted by Gasteiger charge is -2.27. The van der Waals surface area contributed by atoms with Crippen molar-refractivity contribution in [3.63, 3.8) is 0 Å². The van der Waals surface area contributed by atoms with Crippen LogP contribution in [0, 0.1) is 12.3 Å². The highest BCUT2D eigenvalue weighted by Crippen LogP contribution is 2.39. The second-order valence-corrected chi connectivity index (χ2v) is 11.2. The van der Waals surface area contributed by atoms with Crippen LogP contribution in [-0.2, 0) is 29.2 Å². The zero-order chi connectivity index (χ0) is 30.2. The normalized spacial score (nSPS) is 14.9. The van der Waals surface area contributed by atoms with Crippen LogP contribution >= 0.6 is 0 Å². The summed E-state index contributed by atoms with van der Waals surface area (Å²) >= 11 is 0. The van der Waals surface area contributed by atoms with E-state index in [1.54, 1.807) is 67.0 Å². The van der Waals surface area contributed by atoms with Gasteiger partial charge in [0.15, 0.2) is 0 Å². The number of ether oxygens (including phenoxy) is 1. The van der Waals surface area contributed by atoms with Crippen LogP contribution in [0.25, 0.3) is 11.0 Å². The van der Waals surface area contributed by atoms with Crippen molar-refractivity contribution in [2.45, 2.75) is 47.3 Å². The van der Waals surface area contributed by atoms with E-state index < -0.39 is 5.41 Å². The third-order valence-corrected chi connectivity index (χ3v) is 7.94. The summed E-state index contributed by atoms with van der Waals surface area (Å²) in [5, 5.41) is 0.562. The van der Waals surface area contributed by atoms with Gasteiger partial charge in [-0.2, -0.15) is 0 Å². The van der Waals surface area contributed by atoms with Gasteiger partial charge in [-0.1, -0.05) is 6.07 Å². The van der Waals surface area contributed by atoms with Crippen molar-refractivity contribution in [3.05, 3.63) is 82.2 Å². The summed E-state index contributed by atoms with van der Waals surface area (Å²) in [5.74, 6) is 0.967. The van der Waals surface area contributed by atoms with E-state index >= 15 is 0 Å². The maximum absolute atomic E-state index is 13.3. The van der Waals surface area contributed by atoms with Crippen LogP contribution in [0.2, 0.25) is 0 Å². The minimum Gasteiger partial charge on any atom is -0.496 e. The second kappa shape index (κ2) is 11.4. The molecule has 0 spiro atoms. The number of rotatable bonds is 9. The van der Waals surface area contributed by atoms with Crippen LogP contribution in [0.5, 0.6) is 5.75 Å². The fourth-order valence-corrected chi connectivity index (χ4v) is 5.62. The maximum Gasteiger partial charge on any atom is 0.261 e. The van der Waals surface area contributed by atoms with Gasteiger partial charge in [0, 0.05) is 63.9 Å². The molecule has 0 saturated heterocycles. The van der Waals surface area contributed by atoms with Crippen molar-refractivity contribution in [1.29, 1.82) is 0 Å². The van der Waals surface area contributed by atoms with Gasteiger partial charge in [-0.05, 0) is 63.6 Å². The number of hydrogen-bond acceptors (Lipinski definition) is 7. The molecule has 0 bridgehead atoms. The average molecular weight is 572 g/mol. The Kier molecular flexibility index (Phi) is 7.92. The van der Waals surface area contributed by atoms with Crippen molar-refractivity contribution in [2.75, 3.05) is 37.0 Å². The molecule has 0 N–H and O–H groups in total. The predicted octanol–water partition coefficient (Wildman–Crippen LogP) is 4.36. The number of hydrogen-bond donors (Lipinski definition) is 0. The molecule has 0 fully saturated rings. The molecule has 5 rings (SSSR count). The van der Waals surface area contributed by atoms with Crippen molar-refractivity contribution in [2.24, 2.45) is 5.41 Å². The molecule has 42 heavy (non-hydrogen) atoms. The smallest absolute Gasteiger partial charge is 0.261 e. The van der Waals surface area contributed by atoms with E-state index in [0.29, 0.717) is 60.8 Å². The summed E-state index contributed by atoms with van der Waals surface area (Å²) in [6.45, 7) is 9.61. The maximum atomic E-state index is 13.3. The lowest BCUT2D eigenvalue weighted by molar-refractivity contribution is -0.137. The summed E-state index contributed by atoms with van der Waals surface area (Å²) < 4.78 is 12.9. The highest BCUT2D eigenvalue weighted by molar-refractivity contribution is 6.19. The number of benzene rings is 1. The fourth-order valence-electron chi connectivity index (χ4n) is 5.62. The highest BCUT2D eigenvalue weighted by atomic mass is 16.5. The molecule has 4 heterocycles. The zero-order valence-electron chi connectivity index (χ0n) is 25.0. The van der Waals surface area contributed by atoms with Gasteiger partial charge in [-0.15, -0.1) is 0 Å². The van der Waals surface area contributed by atoms with E-state index in [0.717, 1.165) is 16.9 Å².